The first-order chi connectivity index (χ1) is 17.8. The average Bonchev–Trinajstić information content (AvgIpc) is 3.30. The molecule has 5 rings (SSSR count). The maximum atomic E-state index is 13.8. The molecule has 38 heavy (non-hydrogen) atoms. The highest BCUT2D eigenvalue weighted by atomic mass is 16.6. The van der Waals surface area contributed by atoms with E-state index in [1.165, 1.54) is 17.0 Å². The third kappa shape index (κ3) is 3.74. The Labute approximate surface area is 219 Å². The van der Waals surface area contributed by atoms with E-state index in [4.69, 9.17) is 10.5 Å². The minimum atomic E-state index is -2.45. The molecular formula is C28H30N2O8. The van der Waals surface area contributed by atoms with Crippen LogP contribution in [0.4, 0.5) is 4.79 Å². The Bertz CT molecular complexity index is 1380. The van der Waals surface area contributed by atoms with Crippen LogP contribution in [0.2, 0.25) is 0 Å². The number of phenols is 1. The van der Waals surface area contributed by atoms with Crippen molar-refractivity contribution in [2.24, 2.45) is 17.6 Å². The van der Waals surface area contributed by atoms with Gasteiger partial charge in [0, 0.05) is 17.7 Å². The third-order valence-corrected chi connectivity index (χ3v) is 7.82. The predicted molar refractivity (Wildman–Crippen MR) is 134 cm³/mol. The van der Waals surface area contributed by atoms with E-state index in [2.05, 4.69) is 0 Å². The Balaban J connectivity index is 1.58. The first-order valence-electron chi connectivity index (χ1n) is 12.5. The Morgan fingerprint density at radius 1 is 1.16 bits per heavy atom. The molecule has 0 bridgehead atoms. The Kier molecular flexibility index (Phi) is 5.79. The van der Waals surface area contributed by atoms with Crippen LogP contribution in [-0.2, 0) is 20.7 Å². The molecule has 4 aliphatic rings. The summed E-state index contributed by atoms with van der Waals surface area (Å²) in [7, 11) is 0. The Morgan fingerprint density at radius 3 is 2.53 bits per heavy atom. The molecule has 5 N–H and O–H groups in total. The topological polar surface area (TPSA) is 167 Å². The van der Waals surface area contributed by atoms with Gasteiger partial charge < -0.3 is 25.8 Å². The summed E-state index contributed by atoms with van der Waals surface area (Å²) in [5.41, 5.74) is 2.71. The van der Waals surface area contributed by atoms with E-state index >= 15 is 0 Å². The lowest BCUT2D eigenvalue weighted by molar-refractivity contribution is -0.142. The zero-order valence-corrected chi connectivity index (χ0v) is 21.4. The quantitative estimate of drug-likeness (QED) is 0.430. The monoisotopic (exact) mass is 522 g/mol. The fraction of sp³-hybridized carbons (Fsp3) is 0.429. The summed E-state index contributed by atoms with van der Waals surface area (Å²) in [6, 6.07) is 2.57. The minimum Gasteiger partial charge on any atom is -0.508 e. The zero-order chi connectivity index (χ0) is 27.7. The lowest BCUT2D eigenvalue weighted by Gasteiger charge is -2.45. The first kappa shape index (κ1) is 25.7. The smallest absolute Gasteiger partial charge is 0.414 e. The molecular weight excluding hydrogens is 492 g/mol. The van der Waals surface area contributed by atoms with Crippen molar-refractivity contribution in [1.29, 1.82) is 0 Å². The van der Waals surface area contributed by atoms with Gasteiger partial charge in [-0.25, -0.2) is 4.79 Å². The second-order valence-corrected chi connectivity index (χ2v) is 11.3. The van der Waals surface area contributed by atoms with Crippen molar-refractivity contribution < 1.29 is 39.2 Å². The van der Waals surface area contributed by atoms with Gasteiger partial charge in [-0.2, -0.15) is 0 Å². The maximum Gasteiger partial charge on any atom is 0.414 e. The van der Waals surface area contributed by atoms with E-state index in [0.717, 1.165) is 0 Å². The average molecular weight is 523 g/mol. The van der Waals surface area contributed by atoms with Crippen LogP contribution in [0, 0.1) is 11.8 Å². The van der Waals surface area contributed by atoms with Crippen LogP contribution in [0.3, 0.4) is 0 Å². The number of primary amides is 1. The molecule has 2 amide bonds. The number of aliphatic hydroxyl groups is 2. The zero-order valence-electron chi connectivity index (χ0n) is 21.4. The number of aromatic hydroxyl groups is 1. The minimum absolute atomic E-state index is 0.0488. The lowest BCUT2D eigenvalue weighted by atomic mass is 9.60. The van der Waals surface area contributed by atoms with Crippen molar-refractivity contribution in [3.63, 3.8) is 0 Å². The molecule has 200 valence electrons. The number of benzene rings is 1. The summed E-state index contributed by atoms with van der Waals surface area (Å²) < 4.78 is 5.55. The SMILES string of the molecule is CC(C)(C)OC(=O)N1C=CCC1c1ccc(O)c2c1C[C@H]1C[C@H]3CC=C(C(N)=O)C(=O)[C@@]3(O)C(O)=C1C2=O. The Hall–Kier alpha value is -3.92. The maximum absolute atomic E-state index is 13.8. The number of hydrogen-bond acceptors (Lipinski definition) is 8. The van der Waals surface area contributed by atoms with E-state index in [1.807, 2.05) is 6.08 Å². The molecule has 0 fully saturated rings. The van der Waals surface area contributed by atoms with Crippen molar-refractivity contribution in [3.8, 4) is 5.75 Å². The van der Waals surface area contributed by atoms with Gasteiger partial charge in [0.25, 0.3) is 5.91 Å². The molecule has 3 aliphatic carbocycles. The highest BCUT2D eigenvalue weighted by Gasteiger charge is 2.58. The van der Waals surface area contributed by atoms with Gasteiger partial charge in [0.05, 0.1) is 17.2 Å². The molecule has 0 aromatic heterocycles. The van der Waals surface area contributed by atoms with E-state index in [9.17, 15) is 34.5 Å². The number of aliphatic hydroxyl groups excluding tert-OH is 1. The number of nitrogens with zero attached hydrogens (tertiary/aromatic N) is 1. The molecule has 4 atom stereocenters. The van der Waals surface area contributed by atoms with Crippen LogP contribution in [0.25, 0.3) is 0 Å². The largest absolute Gasteiger partial charge is 0.508 e. The van der Waals surface area contributed by atoms with Gasteiger partial charge in [-0.3, -0.25) is 19.3 Å². The number of Topliss-reactive ketones (excluding diaryl/α,β-unsaturated/α-hetero) is 2. The van der Waals surface area contributed by atoms with E-state index in [-0.39, 0.29) is 36.1 Å². The molecule has 1 heterocycles. The van der Waals surface area contributed by atoms with Gasteiger partial charge in [0.2, 0.25) is 5.78 Å². The van der Waals surface area contributed by atoms with Gasteiger partial charge in [-0.1, -0.05) is 18.2 Å². The number of fused-ring (bicyclic) bond motifs is 3. The molecule has 0 radical (unpaired) electrons. The lowest BCUT2D eigenvalue weighted by Crippen LogP contribution is -2.56. The van der Waals surface area contributed by atoms with Crippen LogP contribution >= 0.6 is 0 Å². The molecule has 1 unspecified atom stereocenters. The van der Waals surface area contributed by atoms with Crippen LogP contribution in [-0.4, -0.2) is 55.0 Å². The third-order valence-electron chi connectivity index (χ3n) is 7.82. The standard InChI is InChI=1S/C28H30N2O8/c1-27(2,3)38-26(36)30-10-4-5-18(30)15-8-9-19(31)21-17(15)12-13-11-14-6-7-16(25(29)35)23(33)28(14,37)24(34)20(13)22(21)32/h4,7-10,13-14,18,31,34,37H,5-6,11-12H2,1-3H3,(H2,29,35)/t13-,14-,18?,28-/m1/s1. The molecule has 1 aliphatic heterocycles. The number of phenolic OH excluding ortho intramolecular Hbond substituents is 1. The highest BCUT2D eigenvalue weighted by Crippen LogP contribution is 2.51. The number of carbonyl (C=O) groups is 4. The van der Waals surface area contributed by atoms with Crippen LogP contribution in [0.1, 0.15) is 67.6 Å². The molecule has 0 saturated carbocycles. The molecule has 10 nitrogen and oxygen atoms in total. The van der Waals surface area contributed by atoms with Crippen molar-refractivity contribution in [2.75, 3.05) is 0 Å². The van der Waals surface area contributed by atoms with Crippen LogP contribution in [0.5, 0.6) is 5.75 Å². The van der Waals surface area contributed by atoms with Gasteiger partial charge in [0.1, 0.15) is 17.1 Å². The molecule has 0 saturated heterocycles. The van der Waals surface area contributed by atoms with Gasteiger partial charge in [-0.15, -0.1) is 0 Å². The first-order valence-corrected chi connectivity index (χ1v) is 12.5. The van der Waals surface area contributed by atoms with Crippen molar-refractivity contribution >= 4 is 23.6 Å². The summed E-state index contributed by atoms with van der Waals surface area (Å²) >= 11 is 0. The molecule has 1 aromatic carbocycles. The van der Waals surface area contributed by atoms with E-state index < -0.39 is 64.0 Å². The summed E-state index contributed by atoms with van der Waals surface area (Å²) in [6.07, 6.45) is 5.28. The molecule has 1 aromatic rings. The normalized spacial score (nSPS) is 28.5. The van der Waals surface area contributed by atoms with E-state index in [1.54, 1.807) is 33.0 Å². The highest BCUT2D eigenvalue weighted by molar-refractivity contribution is 6.24. The summed E-state index contributed by atoms with van der Waals surface area (Å²) in [6.45, 7) is 5.30. The number of ether oxygens (including phenoxy) is 1. The van der Waals surface area contributed by atoms with Crippen LogP contribution < -0.4 is 5.73 Å². The number of amides is 2. The number of nitrogens with two attached hydrogens (primary N) is 1. The second kappa shape index (κ2) is 8.56. The van der Waals surface area contributed by atoms with Crippen LogP contribution in [0.15, 0.2) is 47.4 Å². The van der Waals surface area contributed by atoms with Gasteiger partial charge >= 0.3 is 6.09 Å². The summed E-state index contributed by atoms with van der Waals surface area (Å²) in [5, 5.41) is 33.2. The number of allylic oxidation sites excluding steroid dienone is 2. The van der Waals surface area contributed by atoms with Gasteiger partial charge in [-0.05, 0) is 69.6 Å². The fourth-order valence-corrected chi connectivity index (χ4v) is 6.15. The van der Waals surface area contributed by atoms with Crippen molar-refractivity contribution in [2.45, 2.75) is 63.7 Å². The number of rotatable bonds is 2. The molecule has 0 spiro atoms. The fourth-order valence-electron chi connectivity index (χ4n) is 6.15. The summed E-state index contributed by atoms with van der Waals surface area (Å²) in [5.74, 6) is -5.21. The van der Waals surface area contributed by atoms with Crippen molar-refractivity contribution in [3.05, 3.63) is 64.1 Å². The van der Waals surface area contributed by atoms with Crippen molar-refractivity contribution in [1.82, 2.24) is 4.90 Å². The predicted octanol–water partition coefficient (Wildman–Crippen LogP) is 2.89. The number of hydrogen-bond donors (Lipinski definition) is 4. The number of carbonyl (C=O) groups excluding carboxylic acids is 4. The summed E-state index contributed by atoms with van der Waals surface area (Å²) in [4.78, 5) is 52.9. The van der Waals surface area contributed by atoms with E-state index in [0.29, 0.717) is 17.5 Å². The second-order valence-electron chi connectivity index (χ2n) is 11.3. The van der Waals surface area contributed by atoms with Gasteiger partial charge in [0.15, 0.2) is 11.4 Å². The number of ketones is 2. The molecule has 10 heteroatoms. The Morgan fingerprint density at radius 2 is 1.87 bits per heavy atom.